The van der Waals surface area contributed by atoms with Crippen LogP contribution >= 0.6 is 0 Å². The summed E-state index contributed by atoms with van der Waals surface area (Å²) in [5, 5.41) is 20.4. The zero-order valence-electron chi connectivity index (χ0n) is 15.9. The number of fused-ring (bicyclic) bond motifs is 1. The third-order valence-corrected chi connectivity index (χ3v) is 6.84. The van der Waals surface area contributed by atoms with Gasteiger partial charge in [-0.1, -0.05) is 44.6 Å². The summed E-state index contributed by atoms with van der Waals surface area (Å²) in [6, 6.07) is 0. The molecule has 2 aliphatic rings. The first kappa shape index (κ1) is 19.7. The molecule has 0 aromatic rings. The second-order valence-electron chi connectivity index (χ2n) is 7.87. The fourth-order valence-corrected chi connectivity index (χ4v) is 4.97. The van der Waals surface area contributed by atoms with Crippen molar-refractivity contribution in [3.05, 3.63) is 23.8 Å². The SMILES string of the molecule is CCC(/C=C/C[C@H](CO)C1=CCC2C(O)CCC[C@]12C)(CC)OC. The van der Waals surface area contributed by atoms with Crippen molar-refractivity contribution in [2.24, 2.45) is 17.3 Å². The Hall–Kier alpha value is -0.640. The molecule has 2 unspecified atom stereocenters. The monoisotopic (exact) mass is 336 g/mol. The molecule has 4 atom stereocenters. The number of hydrogen-bond donors (Lipinski definition) is 2. The molecule has 1 fully saturated rings. The van der Waals surface area contributed by atoms with Gasteiger partial charge in [0.05, 0.1) is 11.7 Å². The summed E-state index contributed by atoms with van der Waals surface area (Å²) >= 11 is 0. The van der Waals surface area contributed by atoms with E-state index >= 15 is 0 Å². The minimum atomic E-state index is -0.186. The highest BCUT2D eigenvalue weighted by Crippen LogP contribution is 2.55. The van der Waals surface area contributed by atoms with Crippen LogP contribution in [0.5, 0.6) is 0 Å². The number of rotatable bonds is 8. The number of ether oxygens (including phenoxy) is 1. The molecule has 2 aliphatic carbocycles. The van der Waals surface area contributed by atoms with Crippen molar-refractivity contribution in [3.63, 3.8) is 0 Å². The van der Waals surface area contributed by atoms with Crippen LogP contribution in [-0.4, -0.2) is 35.6 Å². The number of aliphatic hydroxyl groups excluding tert-OH is 2. The van der Waals surface area contributed by atoms with Gasteiger partial charge >= 0.3 is 0 Å². The zero-order valence-corrected chi connectivity index (χ0v) is 15.9. The molecule has 0 spiro atoms. The summed E-state index contributed by atoms with van der Waals surface area (Å²) in [6.07, 6.45) is 13.3. The topological polar surface area (TPSA) is 49.7 Å². The van der Waals surface area contributed by atoms with E-state index < -0.39 is 0 Å². The van der Waals surface area contributed by atoms with Crippen molar-refractivity contribution in [1.82, 2.24) is 0 Å². The van der Waals surface area contributed by atoms with Crippen molar-refractivity contribution in [2.75, 3.05) is 13.7 Å². The number of aliphatic hydroxyl groups is 2. The number of methoxy groups -OCH3 is 1. The molecule has 0 aromatic carbocycles. The van der Waals surface area contributed by atoms with Gasteiger partial charge < -0.3 is 14.9 Å². The van der Waals surface area contributed by atoms with E-state index in [4.69, 9.17) is 4.74 Å². The quantitative estimate of drug-likeness (QED) is 0.652. The molecule has 138 valence electrons. The second kappa shape index (κ2) is 8.16. The molecular formula is C21H36O3. The van der Waals surface area contributed by atoms with Crippen molar-refractivity contribution in [2.45, 2.75) is 77.4 Å². The first-order valence-corrected chi connectivity index (χ1v) is 9.68. The molecule has 0 amide bonds. The summed E-state index contributed by atoms with van der Waals surface area (Å²) in [5.74, 6) is 0.494. The van der Waals surface area contributed by atoms with Gasteiger partial charge in [-0.2, -0.15) is 0 Å². The van der Waals surface area contributed by atoms with Crippen LogP contribution in [0.4, 0.5) is 0 Å². The van der Waals surface area contributed by atoms with Gasteiger partial charge in [-0.15, -0.1) is 0 Å². The highest BCUT2D eigenvalue weighted by atomic mass is 16.5. The summed E-state index contributed by atoms with van der Waals surface area (Å²) in [6.45, 7) is 6.76. The lowest BCUT2D eigenvalue weighted by Gasteiger charge is -2.43. The molecule has 0 radical (unpaired) electrons. The summed E-state index contributed by atoms with van der Waals surface area (Å²) in [4.78, 5) is 0. The first-order valence-electron chi connectivity index (χ1n) is 9.68. The fraction of sp³-hybridized carbons (Fsp3) is 0.810. The lowest BCUT2D eigenvalue weighted by atomic mass is 9.63. The average molecular weight is 337 g/mol. The molecule has 0 bridgehead atoms. The van der Waals surface area contributed by atoms with Crippen molar-refractivity contribution >= 4 is 0 Å². The van der Waals surface area contributed by atoms with Crippen LogP contribution in [0, 0.1) is 17.3 Å². The minimum absolute atomic E-state index is 0.0623. The second-order valence-corrected chi connectivity index (χ2v) is 7.87. The van der Waals surface area contributed by atoms with Gasteiger partial charge in [-0.05, 0) is 56.3 Å². The van der Waals surface area contributed by atoms with E-state index in [-0.39, 0.29) is 29.6 Å². The Kier molecular flexibility index (Phi) is 6.69. The van der Waals surface area contributed by atoms with Gasteiger partial charge in [0.15, 0.2) is 0 Å². The molecule has 24 heavy (non-hydrogen) atoms. The molecule has 3 nitrogen and oxygen atoms in total. The van der Waals surface area contributed by atoms with Crippen molar-refractivity contribution in [1.29, 1.82) is 0 Å². The number of allylic oxidation sites excluding steroid dienone is 2. The standard InChI is InChI=1S/C21H36O3/c1-5-21(6-2,24-4)14-7-9-16(15-22)17-11-12-18-19(23)10-8-13-20(17,18)3/h7,11,14,16,18-19,22-23H,5-6,8-10,12-13,15H2,1-4H3/b14-7+/t16-,18?,19?,20-/m1/s1. The van der Waals surface area contributed by atoms with Crippen LogP contribution in [0.3, 0.4) is 0 Å². The predicted octanol–water partition coefficient (Wildman–Crippen LogP) is 4.24. The van der Waals surface area contributed by atoms with Crippen LogP contribution in [0.25, 0.3) is 0 Å². The third kappa shape index (κ3) is 3.63. The van der Waals surface area contributed by atoms with Gasteiger partial charge in [0, 0.05) is 19.6 Å². The molecule has 1 saturated carbocycles. The maximum Gasteiger partial charge on any atom is 0.0853 e. The summed E-state index contributed by atoms with van der Waals surface area (Å²) in [5.41, 5.74) is 1.25. The van der Waals surface area contributed by atoms with Crippen LogP contribution in [0.1, 0.15) is 65.7 Å². The Morgan fingerprint density at radius 1 is 1.42 bits per heavy atom. The van der Waals surface area contributed by atoms with Gasteiger partial charge in [0.25, 0.3) is 0 Å². The Morgan fingerprint density at radius 3 is 2.71 bits per heavy atom. The highest BCUT2D eigenvalue weighted by molar-refractivity contribution is 5.27. The number of hydrogen-bond acceptors (Lipinski definition) is 3. The largest absolute Gasteiger partial charge is 0.396 e. The van der Waals surface area contributed by atoms with Gasteiger partial charge in [0.1, 0.15) is 0 Å². The van der Waals surface area contributed by atoms with Crippen molar-refractivity contribution in [3.8, 4) is 0 Å². The normalized spacial score (nSPS) is 32.0. The lowest BCUT2D eigenvalue weighted by molar-refractivity contribution is 0.00595. The zero-order chi connectivity index (χ0) is 17.8. The van der Waals surface area contributed by atoms with Crippen LogP contribution < -0.4 is 0 Å². The Bertz CT molecular complexity index is 455. The maximum absolute atomic E-state index is 10.4. The molecule has 2 rings (SSSR count). The highest BCUT2D eigenvalue weighted by Gasteiger charge is 2.48. The third-order valence-electron chi connectivity index (χ3n) is 6.84. The molecule has 3 heteroatoms. The van der Waals surface area contributed by atoms with E-state index in [0.29, 0.717) is 5.92 Å². The molecule has 0 saturated heterocycles. The predicted molar refractivity (Wildman–Crippen MR) is 98.8 cm³/mol. The van der Waals surface area contributed by atoms with E-state index in [9.17, 15) is 10.2 Å². The van der Waals surface area contributed by atoms with E-state index in [1.165, 1.54) is 5.57 Å². The van der Waals surface area contributed by atoms with Crippen LogP contribution in [-0.2, 0) is 4.74 Å². The Balaban J connectivity index is 2.09. The molecule has 2 N–H and O–H groups in total. The fourth-order valence-electron chi connectivity index (χ4n) is 4.97. The summed E-state index contributed by atoms with van der Waals surface area (Å²) in [7, 11) is 1.77. The van der Waals surface area contributed by atoms with Gasteiger partial charge in [0.2, 0.25) is 0 Å². The Morgan fingerprint density at radius 2 is 2.12 bits per heavy atom. The molecule has 0 aromatic heterocycles. The van der Waals surface area contributed by atoms with E-state index in [1.54, 1.807) is 7.11 Å². The molecule has 0 heterocycles. The van der Waals surface area contributed by atoms with Gasteiger partial charge in [-0.25, -0.2) is 0 Å². The van der Waals surface area contributed by atoms with Gasteiger partial charge in [-0.3, -0.25) is 0 Å². The van der Waals surface area contributed by atoms with E-state index in [0.717, 1.165) is 44.9 Å². The first-order chi connectivity index (χ1) is 11.5. The van der Waals surface area contributed by atoms with Crippen LogP contribution in [0.2, 0.25) is 0 Å². The maximum atomic E-state index is 10.4. The van der Waals surface area contributed by atoms with Crippen molar-refractivity contribution < 1.29 is 14.9 Å². The van der Waals surface area contributed by atoms with E-state index in [1.807, 2.05) is 0 Å². The molecular weight excluding hydrogens is 300 g/mol. The minimum Gasteiger partial charge on any atom is -0.396 e. The lowest BCUT2D eigenvalue weighted by Crippen LogP contribution is -2.40. The molecule has 0 aliphatic heterocycles. The van der Waals surface area contributed by atoms with Crippen LogP contribution in [0.15, 0.2) is 23.8 Å². The smallest absolute Gasteiger partial charge is 0.0853 e. The Labute approximate surface area is 147 Å². The van der Waals surface area contributed by atoms with E-state index in [2.05, 4.69) is 39.0 Å². The average Bonchev–Trinajstić information content (AvgIpc) is 2.94. The summed E-state index contributed by atoms with van der Waals surface area (Å²) < 4.78 is 5.70.